The minimum absolute atomic E-state index is 0.0370. The molecule has 2 unspecified atom stereocenters. The zero-order chi connectivity index (χ0) is 18.8. The van der Waals surface area contributed by atoms with Crippen molar-refractivity contribution in [2.24, 2.45) is 0 Å². The highest BCUT2D eigenvalue weighted by atomic mass is 16.6. The molecule has 5 rings (SSSR count). The average Bonchev–Trinajstić information content (AvgIpc) is 3.58. The Hall–Kier alpha value is -2.76. The van der Waals surface area contributed by atoms with Crippen LogP contribution in [0.3, 0.4) is 0 Å². The monoisotopic (exact) mass is 364 g/mol. The fourth-order valence-electron chi connectivity index (χ4n) is 2.97. The molecule has 0 saturated carbocycles. The van der Waals surface area contributed by atoms with Gasteiger partial charge in [-0.25, -0.2) is 4.79 Å². The number of esters is 1. The summed E-state index contributed by atoms with van der Waals surface area (Å²) in [4.78, 5) is 21.8. The maximum Gasteiger partial charge on any atom is 0.338 e. The highest BCUT2D eigenvalue weighted by Crippen LogP contribution is 2.29. The molecule has 0 bridgehead atoms. The van der Waals surface area contributed by atoms with E-state index in [0.29, 0.717) is 13.2 Å². The standard InChI is InChI=1S/C18H14O3.C4H6O2/c19-18(17-11-20-17)21-10-16-14-7-3-1-5-12(14)9-13-6-2-4-8-15(13)16;1-3(5)4-2-6-4/h1-9,17H,10-11H2;4H,2H2,1H3. The van der Waals surface area contributed by atoms with Crippen LogP contribution in [-0.2, 0) is 30.4 Å². The molecule has 27 heavy (non-hydrogen) atoms. The number of carbonyl (C=O) groups is 2. The van der Waals surface area contributed by atoms with Crippen molar-refractivity contribution in [3.05, 3.63) is 60.2 Å². The smallest absolute Gasteiger partial charge is 0.338 e. The number of ketones is 1. The minimum Gasteiger partial charge on any atom is -0.459 e. The third-order valence-electron chi connectivity index (χ3n) is 4.62. The summed E-state index contributed by atoms with van der Waals surface area (Å²) in [5.74, 6) is -0.123. The third-order valence-corrected chi connectivity index (χ3v) is 4.62. The van der Waals surface area contributed by atoms with Gasteiger partial charge in [0.2, 0.25) is 0 Å². The molecule has 2 heterocycles. The van der Waals surface area contributed by atoms with Crippen molar-refractivity contribution in [1.82, 2.24) is 0 Å². The first-order valence-electron chi connectivity index (χ1n) is 8.93. The molecule has 2 aliphatic heterocycles. The molecule has 5 heteroatoms. The van der Waals surface area contributed by atoms with Gasteiger partial charge in [0.05, 0.1) is 13.2 Å². The van der Waals surface area contributed by atoms with Crippen LogP contribution in [0.4, 0.5) is 0 Å². The molecule has 2 fully saturated rings. The van der Waals surface area contributed by atoms with Gasteiger partial charge in [0, 0.05) is 5.56 Å². The lowest BCUT2D eigenvalue weighted by molar-refractivity contribution is -0.146. The molecule has 0 aromatic heterocycles. The largest absolute Gasteiger partial charge is 0.459 e. The van der Waals surface area contributed by atoms with Gasteiger partial charge < -0.3 is 14.2 Å². The zero-order valence-corrected chi connectivity index (χ0v) is 15.0. The van der Waals surface area contributed by atoms with Gasteiger partial charge in [0.1, 0.15) is 12.7 Å². The zero-order valence-electron chi connectivity index (χ0n) is 15.0. The van der Waals surface area contributed by atoms with Crippen molar-refractivity contribution < 1.29 is 23.8 Å². The van der Waals surface area contributed by atoms with Crippen LogP contribution in [0.1, 0.15) is 12.5 Å². The number of hydrogen-bond acceptors (Lipinski definition) is 5. The summed E-state index contributed by atoms with van der Waals surface area (Å²) in [5.41, 5.74) is 1.05. The second kappa shape index (κ2) is 7.47. The van der Waals surface area contributed by atoms with Gasteiger partial charge in [0.15, 0.2) is 11.9 Å². The second-order valence-corrected chi connectivity index (χ2v) is 6.66. The third kappa shape index (κ3) is 4.15. The fraction of sp³-hybridized carbons (Fsp3) is 0.273. The highest BCUT2D eigenvalue weighted by molar-refractivity contribution is 6.02. The summed E-state index contributed by atoms with van der Waals surface area (Å²) in [6.07, 6.45) is -0.392. The molecule has 138 valence electrons. The van der Waals surface area contributed by atoms with Crippen LogP contribution in [0.25, 0.3) is 21.5 Å². The van der Waals surface area contributed by atoms with E-state index in [9.17, 15) is 9.59 Å². The van der Waals surface area contributed by atoms with Crippen molar-refractivity contribution in [2.75, 3.05) is 13.2 Å². The van der Waals surface area contributed by atoms with Gasteiger partial charge in [-0.15, -0.1) is 0 Å². The van der Waals surface area contributed by atoms with E-state index < -0.39 is 0 Å². The van der Waals surface area contributed by atoms with Gasteiger partial charge in [-0.05, 0) is 34.5 Å². The van der Waals surface area contributed by atoms with Crippen molar-refractivity contribution >= 4 is 33.3 Å². The average molecular weight is 364 g/mol. The van der Waals surface area contributed by atoms with Crippen molar-refractivity contribution in [2.45, 2.75) is 25.7 Å². The molecule has 0 amide bonds. The molecule has 2 aliphatic rings. The molecule has 0 radical (unpaired) electrons. The molecular formula is C22H20O5. The summed E-state index contributed by atoms with van der Waals surface area (Å²) < 4.78 is 15.0. The van der Waals surface area contributed by atoms with Crippen LogP contribution in [0.2, 0.25) is 0 Å². The maximum atomic E-state index is 11.7. The van der Waals surface area contributed by atoms with E-state index in [0.717, 1.165) is 27.1 Å². The number of hydrogen-bond donors (Lipinski definition) is 0. The van der Waals surface area contributed by atoms with E-state index in [-0.39, 0.29) is 30.6 Å². The van der Waals surface area contributed by atoms with E-state index >= 15 is 0 Å². The summed E-state index contributed by atoms with van der Waals surface area (Å²) in [6.45, 7) is 2.95. The molecule has 3 aromatic rings. The molecule has 0 N–H and O–H groups in total. The van der Waals surface area contributed by atoms with E-state index in [1.54, 1.807) is 0 Å². The summed E-state index contributed by atoms with van der Waals surface area (Å²) in [5, 5.41) is 4.57. The number of rotatable bonds is 4. The SMILES string of the molecule is CC(=O)C1CO1.O=C(OCc1c2ccccc2cc2ccccc12)C1CO1. The minimum atomic E-state index is -0.355. The Morgan fingerprint density at radius 1 is 0.926 bits per heavy atom. The first-order valence-corrected chi connectivity index (χ1v) is 8.93. The number of ether oxygens (including phenoxy) is 3. The van der Waals surface area contributed by atoms with Gasteiger partial charge in [-0.1, -0.05) is 48.5 Å². The number of benzene rings is 3. The van der Waals surface area contributed by atoms with Crippen LogP contribution in [0.15, 0.2) is 54.6 Å². The predicted octanol–water partition coefficient (Wildman–Crippen LogP) is 3.41. The Labute approximate surface area is 156 Å². The van der Waals surface area contributed by atoms with Gasteiger partial charge in [-0.2, -0.15) is 0 Å². The van der Waals surface area contributed by atoms with Crippen LogP contribution in [0, 0.1) is 0 Å². The Morgan fingerprint density at radius 3 is 1.89 bits per heavy atom. The number of fused-ring (bicyclic) bond motifs is 2. The molecule has 2 saturated heterocycles. The molecule has 5 nitrogen and oxygen atoms in total. The lowest BCUT2D eigenvalue weighted by atomic mass is 9.97. The van der Waals surface area contributed by atoms with E-state index in [2.05, 4.69) is 35.1 Å². The topological polar surface area (TPSA) is 68.4 Å². The normalized spacial score (nSPS) is 19.9. The quantitative estimate of drug-likeness (QED) is 0.403. The maximum absolute atomic E-state index is 11.7. The molecule has 0 spiro atoms. The van der Waals surface area contributed by atoms with Crippen molar-refractivity contribution in [1.29, 1.82) is 0 Å². The Balaban J connectivity index is 0.000000257. The van der Waals surface area contributed by atoms with Crippen molar-refractivity contribution in [3.8, 4) is 0 Å². The van der Waals surface area contributed by atoms with E-state index in [1.807, 2.05) is 24.3 Å². The summed E-state index contributed by atoms with van der Waals surface area (Å²) in [7, 11) is 0. The highest BCUT2D eigenvalue weighted by Gasteiger charge is 2.33. The van der Waals surface area contributed by atoms with E-state index in [1.165, 1.54) is 6.92 Å². The van der Waals surface area contributed by atoms with Crippen LogP contribution in [-0.4, -0.2) is 37.2 Å². The first-order chi connectivity index (χ1) is 13.1. The molecular weight excluding hydrogens is 344 g/mol. The molecule has 0 aliphatic carbocycles. The van der Waals surface area contributed by atoms with Crippen LogP contribution < -0.4 is 0 Å². The molecule has 2 atom stereocenters. The Bertz CT molecular complexity index is 948. The van der Waals surface area contributed by atoms with Gasteiger partial charge in [-0.3, -0.25) is 4.79 Å². The van der Waals surface area contributed by atoms with Gasteiger partial charge in [0.25, 0.3) is 0 Å². The Kier molecular flexibility index (Phi) is 4.88. The number of epoxide rings is 2. The van der Waals surface area contributed by atoms with E-state index in [4.69, 9.17) is 9.47 Å². The predicted molar refractivity (Wildman–Crippen MR) is 101 cm³/mol. The number of Topliss-reactive ketones (excluding diaryl/α,β-unsaturated/α-hetero) is 1. The number of carbonyl (C=O) groups excluding carboxylic acids is 2. The van der Waals surface area contributed by atoms with Crippen molar-refractivity contribution in [3.63, 3.8) is 0 Å². The lowest BCUT2D eigenvalue weighted by Crippen LogP contribution is -2.11. The lowest BCUT2D eigenvalue weighted by Gasteiger charge is -2.11. The first kappa shape index (κ1) is 17.6. The summed E-state index contributed by atoms with van der Waals surface area (Å²) in [6, 6.07) is 18.5. The second-order valence-electron chi connectivity index (χ2n) is 6.66. The molecule has 3 aromatic carbocycles. The summed E-state index contributed by atoms with van der Waals surface area (Å²) >= 11 is 0. The van der Waals surface area contributed by atoms with Crippen LogP contribution >= 0.6 is 0 Å². The van der Waals surface area contributed by atoms with Crippen LogP contribution in [0.5, 0.6) is 0 Å². The Morgan fingerprint density at radius 2 is 1.44 bits per heavy atom. The fourth-order valence-corrected chi connectivity index (χ4v) is 2.97. The van der Waals surface area contributed by atoms with Gasteiger partial charge >= 0.3 is 5.97 Å².